The molecule has 1 heterocycles. The maximum atomic E-state index is 13.2. The fourth-order valence-electron chi connectivity index (χ4n) is 3.99. The third-order valence-corrected chi connectivity index (χ3v) is 6.37. The predicted octanol–water partition coefficient (Wildman–Crippen LogP) is 4.38. The lowest BCUT2D eigenvalue weighted by Gasteiger charge is -2.28. The topological polar surface area (TPSA) is 63.7 Å². The molecule has 0 radical (unpaired) electrons. The second kappa shape index (κ2) is 10.6. The summed E-state index contributed by atoms with van der Waals surface area (Å²) in [5.41, 5.74) is 1.43. The molecule has 2 aromatic rings. The molecule has 1 aliphatic rings. The number of likely N-dealkylation sites (tertiary alicyclic amines) is 1. The smallest absolute Gasteiger partial charge is 0.329 e. The van der Waals surface area contributed by atoms with Crippen LogP contribution in [0.25, 0.3) is 0 Å². The number of hydrogen-bond donors (Lipinski definition) is 0. The molecule has 0 saturated carbocycles. The van der Waals surface area contributed by atoms with Crippen LogP contribution in [0.2, 0.25) is 0 Å². The molecule has 2 aromatic carbocycles. The Kier molecular flexibility index (Phi) is 7.84. The highest BCUT2D eigenvalue weighted by molar-refractivity contribution is 6.38. The van der Waals surface area contributed by atoms with Crippen LogP contribution in [0.4, 0.5) is 0 Å². The minimum absolute atomic E-state index is 0.354. The number of amides is 1. The van der Waals surface area contributed by atoms with E-state index in [4.69, 9.17) is 4.74 Å². The first kappa shape index (κ1) is 23.7. The van der Waals surface area contributed by atoms with E-state index in [0.29, 0.717) is 38.6 Å². The van der Waals surface area contributed by atoms with Crippen LogP contribution in [0.5, 0.6) is 0 Å². The second-order valence-electron chi connectivity index (χ2n) is 9.16. The van der Waals surface area contributed by atoms with Crippen LogP contribution in [-0.2, 0) is 32.0 Å². The molecule has 3 rings (SSSR count). The van der Waals surface area contributed by atoms with Gasteiger partial charge >= 0.3 is 5.97 Å². The monoisotopic (exact) mass is 435 g/mol. The van der Waals surface area contributed by atoms with Crippen molar-refractivity contribution in [3.63, 3.8) is 0 Å². The van der Waals surface area contributed by atoms with Gasteiger partial charge in [0.2, 0.25) is 5.78 Å². The number of carbonyl (C=O) groups is 3. The standard InChI is InChI=1S/C27H33NO4/c1-4-27(2,3)24(29)25(30)28-17-11-16-23(28)26(31)32-22(18-20-12-7-5-8-13-20)19-21-14-9-6-10-15-21/h5-10,12-15,22-23H,4,11,16-19H2,1-3H3. The Balaban J connectivity index is 1.74. The summed E-state index contributed by atoms with van der Waals surface area (Å²) >= 11 is 0. The zero-order chi connectivity index (χ0) is 23.1. The third kappa shape index (κ3) is 5.84. The molecule has 1 aliphatic heterocycles. The molecular formula is C27H33NO4. The van der Waals surface area contributed by atoms with Crippen molar-refractivity contribution in [3.8, 4) is 0 Å². The summed E-state index contributed by atoms with van der Waals surface area (Å²) in [6, 6.07) is 19.1. The summed E-state index contributed by atoms with van der Waals surface area (Å²) in [6.07, 6.45) is 2.60. The Morgan fingerprint density at radius 1 is 0.969 bits per heavy atom. The van der Waals surface area contributed by atoms with E-state index in [1.807, 2.05) is 67.6 Å². The van der Waals surface area contributed by atoms with Gasteiger partial charge in [0.15, 0.2) is 0 Å². The zero-order valence-corrected chi connectivity index (χ0v) is 19.3. The van der Waals surface area contributed by atoms with Crippen molar-refractivity contribution < 1.29 is 19.1 Å². The Labute approximate surface area is 190 Å². The number of rotatable bonds is 9. The van der Waals surface area contributed by atoms with Gasteiger partial charge in [-0.3, -0.25) is 9.59 Å². The molecule has 1 atom stereocenters. The summed E-state index contributed by atoms with van der Waals surface area (Å²) in [4.78, 5) is 40.2. The average molecular weight is 436 g/mol. The van der Waals surface area contributed by atoms with Gasteiger partial charge in [0, 0.05) is 24.8 Å². The third-order valence-electron chi connectivity index (χ3n) is 6.37. The van der Waals surface area contributed by atoms with E-state index in [1.54, 1.807) is 13.8 Å². The SMILES string of the molecule is CCC(C)(C)C(=O)C(=O)N1CCCC1C(=O)OC(Cc1ccccc1)Cc1ccccc1. The minimum Gasteiger partial charge on any atom is -0.460 e. The van der Waals surface area contributed by atoms with E-state index in [9.17, 15) is 14.4 Å². The average Bonchev–Trinajstić information content (AvgIpc) is 3.29. The Morgan fingerprint density at radius 3 is 2.00 bits per heavy atom. The van der Waals surface area contributed by atoms with Gasteiger partial charge in [0.05, 0.1) is 0 Å². The molecule has 32 heavy (non-hydrogen) atoms. The van der Waals surface area contributed by atoms with E-state index >= 15 is 0 Å². The van der Waals surface area contributed by atoms with Crippen molar-refractivity contribution in [1.29, 1.82) is 0 Å². The fourth-order valence-corrected chi connectivity index (χ4v) is 3.99. The van der Waals surface area contributed by atoms with Gasteiger partial charge in [0.25, 0.3) is 5.91 Å². The van der Waals surface area contributed by atoms with Crippen LogP contribution in [-0.4, -0.2) is 41.3 Å². The first-order valence-electron chi connectivity index (χ1n) is 11.5. The lowest BCUT2D eigenvalue weighted by molar-refractivity contribution is -0.160. The number of ether oxygens (including phenoxy) is 1. The molecule has 1 unspecified atom stereocenters. The van der Waals surface area contributed by atoms with Crippen LogP contribution in [0.1, 0.15) is 51.2 Å². The Morgan fingerprint density at radius 2 is 1.50 bits per heavy atom. The molecule has 0 aliphatic carbocycles. The molecular weight excluding hydrogens is 402 g/mol. The summed E-state index contributed by atoms with van der Waals surface area (Å²) < 4.78 is 5.97. The fraction of sp³-hybridized carbons (Fsp3) is 0.444. The normalized spacial score (nSPS) is 16.2. The number of ketones is 1. The maximum absolute atomic E-state index is 13.2. The van der Waals surface area contributed by atoms with Crippen molar-refractivity contribution in [1.82, 2.24) is 4.90 Å². The van der Waals surface area contributed by atoms with Gasteiger partial charge in [-0.2, -0.15) is 0 Å². The Bertz CT molecular complexity index is 882. The second-order valence-corrected chi connectivity index (χ2v) is 9.16. The van der Waals surface area contributed by atoms with Crippen molar-refractivity contribution in [2.24, 2.45) is 5.41 Å². The molecule has 0 aromatic heterocycles. The van der Waals surface area contributed by atoms with E-state index in [0.717, 1.165) is 11.1 Å². The van der Waals surface area contributed by atoms with Crippen molar-refractivity contribution in [2.45, 2.75) is 65.0 Å². The number of carbonyl (C=O) groups excluding carboxylic acids is 3. The Hall–Kier alpha value is -2.95. The van der Waals surface area contributed by atoms with Crippen LogP contribution in [0.15, 0.2) is 60.7 Å². The zero-order valence-electron chi connectivity index (χ0n) is 19.3. The molecule has 5 nitrogen and oxygen atoms in total. The summed E-state index contributed by atoms with van der Waals surface area (Å²) in [7, 11) is 0. The number of nitrogens with zero attached hydrogens (tertiary/aromatic N) is 1. The quantitative estimate of drug-likeness (QED) is 0.433. The highest BCUT2D eigenvalue weighted by Crippen LogP contribution is 2.26. The van der Waals surface area contributed by atoms with E-state index < -0.39 is 29.1 Å². The minimum atomic E-state index is -0.739. The van der Waals surface area contributed by atoms with E-state index in [-0.39, 0.29) is 6.10 Å². The van der Waals surface area contributed by atoms with Gasteiger partial charge in [-0.05, 0) is 30.4 Å². The lowest BCUT2D eigenvalue weighted by atomic mass is 9.84. The molecule has 5 heteroatoms. The largest absolute Gasteiger partial charge is 0.460 e. The number of hydrogen-bond acceptors (Lipinski definition) is 4. The van der Waals surface area contributed by atoms with Crippen molar-refractivity contribution >= 4 is 17.7 Å². The summed E-state index contributed by atoms with van der Waals surface area (Å²) in [6.45, 7) is 5.84. The van der Waals surface area contributed by atoms with Gasteiger partial charge in [0.1, 0.15) is 12.1 Å². The highest BCUT2D eigenvalue weighted by Gasteiger charge is 2.42. The lowest BCUT2D eigenvalue weighted by Crippen LogP contribution is -2.48. The molecule has 170 valence electrons. The van der Waals surface area contributed by atoms with Gasteiger partial charge in [-0.15, -0.1) is 0 Å². The maximum Gasteiger partial charge on any atom is 0.329 e. The number of benzene rings is 2. The van der Waals surface area contributed by atoms with Crippen molar-refractivity contribution in [3.05, 3.63) is 71.8 Å². The molecule has 1 amide bonds. The molecule has 0 bridgehead atoms. The van der Waals surface area contributed by atoms with E-state index in [1.165, 1.54) is 4.90 Å². The first-order chi connectivity index (χ1) is 15.3. The van der Waals surface area contributed by atoms with Crippen molar-refractivity contribution in [2.75, 3.05) is 6.54 Å². The van der Waals surface area contributed by atoms with E-state index in [2.05, 4.69) is 0 Å². The van der Waals surface area contributed by atoms with Crippen LogP contribution < -0.4 is 0 Å². The number of Topliss-reactive ketones (excluding diaryl/α,β-unsaturated/α-hetero) is 1. The molecule has 1 saturated heterocycles. The number of esters is 1. The predicted molar refractivity (Wildman–Crippen MR) is 124 cm³/mol. The van der Waals surface area contributed by atoms with Gasteiger partial charge < -0.3 is 9.64 Å². The summed E-state index contributed by atoms with van der Waals surface area (Å²) in [5, 5.41) is 0. The first-order valence-corrected chi connectivity index (χ1v) is 11.5. The molecule has 0 spiro atoms. The summed E-state index contributed by atoms with van der Waals surface area (Å²) in [5.74, 6) is -1.43. The van der Waals surface area contributed by atoms with Gasteiger partial charge in [-0.1, -0.05) is 81.4 Å². The molecule has 1 fully saturated rings. The van der Waals surface area contributed by atoms with Crippen LogP contribution in [0, 0.1) is 5.41 Å². The van der Waals surface area contributed by atoms with Crippen LogP contribution in [0.3, 0.4) is 0 Å². The molecule has 0 N–H and O–H groups in total. The van der Waals surface area contributed by atoms with Gasteiger partial charge in [-0.25, -0.2) is 4.79 Å². The highest BCUT2D eigenvalue weighted by atomic mass is 16.5. The van der Waals surface area contributed by atoms with Crippen LogP contribution >= 0.6 is 0 Å².